The molecule has 0 bridgehead atoms. The molecule has 24 heavy (non-hydrogen) atoms. The number of aryl methyl sites for hydroxylation is 1. The molecule has 0 fully saturated rings. The van der Waals surface area contributed by atoms with Crippen molar-refractivity contribution in [1.29, 1.82) is 0 Å². The summed E-state index contributed by atoms with van der Waals surface area (Å²) in [6, 6.07) is 5.27. The maximum atomic E-state index is 11.9. The number of rotatable bonds is 6. The summed E-state index contributed by atoms with van der Waals surface area (Å²) in [5, 5.41) is 13.7. The third kappa shape index (κ3) is 3.92. The number of aliphatic carboxylic acids is 1. The second-order valence-corrected chi connectivity index (χ2v) is 5.41. The maximum absolute atomic E-state index is 11.9. The molecule has 1 aromatic heterocycles. The molecule has 0 aliphatic carbocycles. The van der Waals surface area contributed by atoms with Gasteiger partial charge in [0.05, 0.1) is 12.0 Å². The lowest BCUT2D eigenvalue weighted by molar-refractivity contribution is -0.307. The molecule has 0 spiro atoms. The van der Waals surface area contributed by atoms with Crippen molar-refractivity contribution in [2.24, 2.45) is 0 Å². The van der Waals surface area contributed by atoms with E-state index in [0.29, 0.717) is 17.8 Å². The van der Waals surface area contributed by atoms with Gasteiger partial charge in [-0.05, 0) is 38.0 Å². The number of carbonyl (C=O) groups excluding carboxylic acids is 2. The number of hydrogen-bond donors (Lipinski definition) is 1. The Labute approximate surface area is 138 Å². The lowest BCUT2D eigenvalue weighted by Crippen LogP contribution is -2.49. The second-order valence-electron chi connectivity index (χ2n) is 5.41. The highest BCUT2D eigenvalue weighted by molar-refractivity contribution is 5.86. The molecule has 1 aromatic carbocycles. The van der Waals surface area contributed by atoms with Crippen LogP contribution in [0, 0.1) is 0 Å². The summed E-state index contributed by atoms with van der Waals surface area (Å²) in [7, 11) is 0. The van der Waals surface area contributed by atoms with Gasteiger partial charge in [0, 0.05) is 17.5 Å². The topological polar surface area (TPSA) is 109 Å². The number of benzene rings is 1. The van der Waals surface area contributed by atoms with Crippen LogP contribution in [0.5, 0.6) is 5.75 Å². The fourth-order valence-electron chi connectivity index (χ4n) is 2.22. The van der Waals surface area contributed by atoms with Crippen molar-refractivity contribution in [3.63, 3.8) is 0 Å². The molecular formula is C17H18NO6-. The first-order chi connectivity index (χ1) is 11.3. The van der Waals surface area contributed by atoms with Crippen LogP contribution in [0.3, 0.4) is 0 Å². The van der Waals surface area contributed by atoms with E-state index in [4.69, 9.17) is 9.15 Å². The molecule has 0 aliphatic rings. The molecule has 1 amide bonds. The van der Waals surface area contributed by atoms with E-state index in [1.165, 1.54) is 26.0 Å². The summed E-state index contributed by atoms with van der Waals surface area (Å²) in [5.41, 5.74) is 0.777. The number of carbonyl (C=O) groups is 2. The van der Waals surface area contributed by atoms with E-state index < -0.39 is 29.6 Å². The summed E-state index contributed by atoms with van der Waals surface area (Å²) >= 11 is 0. The normalized spacial score (nSPS) is 13.3. The van der Waals surface area contributed by atoms with Crippen molar-refractivity contribution in [3.8, 4) is 5.75 Å². The molecule has 0 aliphatic heterocycles. The molecular weight excluding hydrogens is 314 g/mol. The molecule has 0 radical (unpaired) electrons. The second kappa shape index (κ2) is 7.16. The Bertz CT molecular complexity index is 825. The molecule has 0 unspecified atom stereocenters. The van der Waals surface area contributed by atoms with Crippen LogP contribution >= 0.6 is 0 Å². The highest BCUT2D eigenvalue weighted by Crippen LogP contribution is 2.23. The third-order valence-electron chi connectivity index (χ3n) is 3.58. The van der Waals surface area contributed by atoms with E-state index in [0.717, 1.165) is 10.9 Å². The Kier molecular flexibility index (Phi) is 5.23. The largest absolute Gasteiger partial charge is 0.548 e. The summed E-state index contributed by atoms with van der Waals surface area (Å²) < 4.78 is 10.7. The summed E-state index contributed by atoms with van der Waals surface area (Å²) in [4.78, 5) is 34.1. The monoisotopic (exact) mass is 332 g/mol. The standard InChI is InChI=1S/C17H19NO6/c1-4-11-7-15(19)24-14-8-12(5-6-13(11)14)23-10(3)16(20)18-9(2)17(21)22/h5-10H,4H2,1-3H3,(H,18,20)(H,21,22)/p-1/t9-,10-/m0/s1. The van der Waals surface area contributed by atoms with Crippen molar-refractivity contribution < 1.29 is 23.8 Å². The van der Waals surface area contributed by atoms with Gasteiger partial charge in [-0.15, -0.1) is 0 Å². The number of amides is 1. The van der Waals surface area contributed by atoms with Gasteiger partial charge in [0.2, 0.25) is 0 Å². The van der Waals surface area contributed by atoms with Gasteiger partial charge in [-0.3, -0.25) is 4.79 Å². The number of hydrogen-bond acceptors (Lipinski definition) is 6. The first-order valence-corrected chi connectivity index (χ1v) is 7.56. The predicted octanol–water partition coefficient (Wildman–Crippen LogP) is 0.377. The van der Waals surface area contributed by atoms with Gasteiger partial charge in [-0.1, -0.05) is 6.92 Å². The van der Waals surface area contributed by atoms with Gasteiger partial charge in [0.1, 0.15) is 11.3 Å². The molecule has 2 aromatic rings. The summed E-state index contributed by atoms with van der Waals surface area (Å²) in [6.07, 6.45) is -0.243. The third-order valence-corrected chi connectivity index (χ3v) is 3.58. The number of fused-ring (bicyclic) bond motifs is 1. The molecule has 128 valence electrons. The van der Waals surface area contributed by atoms with E-state index in [-0.39, 0.29) is 0 Å². The smallest absolute Gasteiger partial charge is 0.336 e. The zero-order valence-electron chi connectivity index (χ0n) is 13.6. The molecule has 7 heteroatoms. The van der Waals surface area contributed by atoms with Gasteiger partial charge in [0.15, 0.2) is 6.10 Å². The zero-order valence-corrected chi connectivity index (χ0v) is 13.6. The van der Waals surface area contributed by atoms with E-state index >= 15 is 0 Å². The van der Waals surface area contributed by atoms with Crippen LogP contribution in [0.15, 0.2) is 33.5 Å². The lowest BCUT2D eigenvalue weighted by atomic mass is 10.1. The van der Waals surface area contributed by atoms with Gasteiger partial charge in [0.25, 0.3) is 5.91 Å². The molecule has 1 heterocycles. The average molecular weight is 332 g/mol. The van der Waals surface area contributed by atoms with E-state index in [9.17, 15) is 19.5 Å². The van der Waals surface area contributed by atoms with Crippen molar-refractivity contribution in [3.05, 3.63) is 40.2 Å². The van der Waals surface area contributed by atoms with E-state index in [1.54, 1.807) is 12.1 Å². The minimum atomic E-state index is -1.38. The van der Waals surface area contributed by atoms with Crippen LogP contribution in [-0.4, -0.2) is 24.0 Å². The molecule has 2 rings (SSSR count). The zero-order chi connectivity index (χ0) is 17.9. The average Bonchev–Trinajstić information content (AvgIpc) is 2.53. The van der Waals surface area contributed by atoms with Crippen molar-refractivity contribution in [1.82, 2.24) is 5.32 Å². The number of nitrogens with one attached hydrogen (secondary N) is 1. The molecule has 0 saturated heterocycles. The molecule has 2 atom stereocenters. The fraction of sp³-hybridized carbons (Fsp3) is 0.353. The van der Waals surface area contributed by atoms with Crippen molar-refractivity contribution >= 4 is 22.8 Å². The highest BCUT2D eigenvalue weighted by atomic mass is 16.5. The van der Waals surface area contributed by atoms with Gasteiger partial charge >= 0.3 is 5.63 Å². The molecule has 0 saturated carbocycles. The Morgan fingerprint density at radius 3 is 2.62 bits per heavy atom. The van der Waals surface area contributed by atoms with Crippen molar-refractivity contribution in [2.75, 3.05) is 0 Å². The van der Waals surface area contributed by atoms with Crippen LogP contribution in [-0.2, 0) is 16.0 Å². The minimum absolute atomic E-state index is 0.336. The van der Waals surface area contributed by atoms with E-state index in [2.05, 4.69) is 5.32 Å². The quantitative estimate of drug-likeness (QED) is 0.766. The lowest BCUT2D eigenvalue weighted by Gasteiger charge is -2.19. The molecule has 7 nitrogen and oxygen atoms in total. The van der Waals surface area contributed by atoms with Gasteiger partial charge < -0.3 is 24.4 Å². The fourth-order valence-corrected chi connectivity index (χ4v) is 2.22. The van der Waals surface area contributed by atoms with Crippen LogP contribution in [0.25, 0.3) is 11.0 Å². The number of carboxylic acids is 1. The van der Waals surface area contributed by atoms with Crippen LogP contribution < -0.4 is 20.8 Å². The first kappa shape index (κ1) is 17.5. The van der Waals surface area contributed by atoms with Crippen molar-refractivity contribution in [2.45, 2.75) is 39.3 Å². The molecule has 1 N–H and O–H groups in total. The minimum Gasteiger partial charge on any atom is -0.548 e. The van der Waals surface area contributed by atoms with E-state index in [1.807, 2.05) is 6.92 Å². The van der Waals surface area contributed by atoms with Crippen LogP contribution in [0.4, 0.5) is 0 Å². The van der Waals surface area contributed by atoms with Gasteiger partial charge in [-0.25, -0.2) is 4.79 Å². The highest BCUT2D eigenvalue weighted by Gasteiger charge is 2.18. The SMILES string of the molecule is CCc1cc(=O)oc2cc(O[C@@H](C)C(=O)N[C@@H](C)C(=O)[O-])ccc12. The Morgan fingerprint density at radius 1 is 1.29 bits per heavy atom. The summed E-state index contributed by atoms with van der Waals surface area (Å²) in [5.74, 6) is -1.63. The Hall–Kier alpha value is -2.83. The number of ether oxygens (including phenoxy) is 1. The van der Waals surface area contributed by atoms with Gasteiger partial charge in [-0.2, -0.15) is 0 Å². The van der Waals surface area contributed by atoms with Crippen LogP contribution in [0.1, 0.15) is 26.3 Å². The maximum Gasteiger partial charge on any atom is 0.336 e. The first-order valence-electron chi connectivity index (χ1n) is 7.56. The predicted molar refractivity (Wildman–Crippen MR) is 84.6 cm³/mol. The Balaban J connectivity index is 2.19. The van der Waals surface area contributed by atoms with Crippen LogP contribution in [0.2, 0.25) is 0 Å². The summed E-state index contributed by atoms with van der Waals surface area (Å²) in [6.45, 7) is 4.72. The Morgan fingerprint density at radius 2 is 2.00 bits per heavy atom. The number of carboxylic acid groups (broad SMARTS) is 1.